The van der Waals surface area contributed by atoms with Gasteiger partial charge in [-0.1, -0.05) is 6.07 Å². The van der Waals surface area contributed by atoms with Crippen LogP contribution in [0.15, 0.2) is 42.5 Å². The van der Waals surface area contributed by atoms with Gasteiger partial charge in [0.1, 0.15) is 17.4 Å². The number of anilines is 1. The smallest absolute Gasteiger partial charge is 0.260 e. The lowest BCUT2D eigenvalue weighted by Gasteiger charge is -2.49. The van der Waals surface area contributed by atoms with Crippen LogP contribution in [-0.2, 0) is 10.5 Å². The largest absolute Gasteiger partial charge is 0.304 e. The number of amides is 1. The van der Waals surface area contributed by atoms with Crippen molar-refractivity contribution in [2.75, 3.05) is 38.1 Å². The number of likely N-dealkylation sites (N-methyl/N-ethyl adjacent to an activating group) is 1. The van der Waals surface area contributed by atoms with Crippen molar-refractivity contribution >= 4 is 17.5 Å². The molecule has 0 aromatic heterocycles. The third-order valence-electron chi connectivity index (χ3n) is 6.45. The Morgan fingerprint density at radius 1 is 1.07 bits per heavy atom. The lowest BCUT2D eigenvalue weighted by atomic mass is 9.89. The van der Waals surface area contributed by atoms with Crippen LogP contribution in [-0.4, -0.2) is 54.9 Å². The van der Waals surface area contributed by atoms with Gasteiger partial charge in [-0.05, 0) is 62.4 Å². The van der Waals surface area contributed by atoms with E-state index >= 15 is 0 Å². The van der Waals surface area contributed by atoms with Crippen molar-refractivity contribution in [2.45, 2.75) is 25.9 Å². The number of benzene rings is 2. The number of fused-ring (bicyclic) bond motifs is 1. The van der Waals surface area contributed by atoms with Gasteiger partial charge in [0.2, 0.25) is 0 Å². The highest BCUT2D eigenvalue weighted by Gasteiger charge is 2.54. The average Bonchev–Trinajstić information content (AvgIpc) is 2.96. The summed E-state index contributed by atoms with van der Waals surface area (Å²) in [6.07, 6.45) is 1.78. The fourth-order valence-electron chi connectivity index (χ4n) is 4.66. The Morgan fingerprint density at radius 2 is 1.70 bits per heavy atom. The van der Waals surface area contributed by atoms with Crippen LogP contribution in [0.5, 0.6) is 0 Å². The molecule has 2 heterocycles. The molecule has 2 aliphatic rings. The van der Waals surface area contributed by atoms with Crippen molar-refractivity contribution in [1.29, 1.82) is 0 Å². The summed E-state index contributed by atoms with van der Waals surface area (Å²) in [5.41, 5.74) is 3.45. The van der Waals surface area contributed by atoms with Gasteiger partial charge in [0.25, 0.3) is 5.91 Å². The van der Waals surface area contributed by atoms with Crippen molar-refractivity contribution in [3.63, 3.8) is 0 Å². The van der Waals surface area contributed by atoms with Crippen LogP contribution in [0.2, 0.25) is 0 Å². The molecule has 0 radical (unpaired) electrons. The number of piperazine rings is 1. The van der Waals surface area contributed by atoms with E-state index in [-0.39, 0.29) is 11.7 Å². The SMILES string of the molecule is Cc1cc2c(cc1C)C(CC=C=O)(N1CCN(C)CC1)N(c1ccc(F)cc1)C2=O. The normalized spacial score (nSPS) is 22.1. The van der Waals surface area contributed by atoms with Crippen LogP contribution in [0.1, 0.15) is 33.5 Å². The summed E-state index contributed by atoms with van der Waals surface area (Å²) in [5.74, 6) is 1.43. The standard InChI is InChI=1S/C24H26FN3O2/c1-17-15-21-22(16-18(17)2)24(9-4-14-29,27-12-10-26(3)11-13-27)28(23(21)30)20-7-5-19(25)6-8-20/h4-8,15-16H,9-13H2,1-3H3. The fraction of sp³-hybridized carbons (Fsp3) is 0.375. The minimum Gasteiger partial charge on any atom is -0.304 e. The second-order valence-corrected chi connectivity index (χ2v) is 8.23. The van der Waals surface area contributed by atoms with Crippen molar-refractivity contribution in [3.05, 3.63) is 70.5 Å². The maximum absolute atomic E-state index is 13.7. The van der Waals surface area contributed by atoms with E-state index in [1.165, 1.54) is 18.2 Å². The van der Waals surface area contributed by atoms with E-state index in [0.717, 1.165) is 42.9 Å². The van der Waals surface area contributed by atoms with Gasteiger partial charge in [-0.15, -0.1) is 0 Å². The van der Waals surface area contributed by atoms with E-state index < -0.39 is 5.66 Å². The number of nitrogens with zero attached hydrogens (tertiary/aromatic N) is 3. The molecule has 2 aromatic carbocycles. The first-order valence-electron chi connectivity index (χ1n) is 10.2. The number of carbonyl (C=O) groups is 1. The third kappa shape index (κ3) is 3.18. The summed E-state index contributed by atoms with van der Waals surface area (Å²) in [5, 5.41) is 0. The Bertz CT molecular complexity index is 1020. The van der Waals surface area contributed by atoms with Gasteiger partial charge < -0.3 is 4.90 Å². The van der Waals surface area contributed by atoms with Gasteiger partial charge in [-0.2, -0.15) is 0 Å². The predicted octanol–water partition coefficient (Wildman–Crippen LogP) is 3.28. The Morgan fingerprint density at radius 3 is 2.33 bits per heavy atom. The van der Waals surface area contributed by atoms with Crippen LogP contribution in [0.3, 0.4) is 0 Å². The molecule has 6 heteroatoms. The van der Waals surface area contributed by atoms with E-state index in [2.05, 4.69) is 22.9 Å². The maximum atomic E-state index is 13.7. The molecule has 2 aliphatic heterocycles. The van der Waals surface area contributed by atoms with E-state index in [0.29, 0.717) is 17.7 Å². The van der Waals surface area contributed by atoms with Crippen LogP contribution in [0.25, 0.3) is 0 Å². The monoisotopic (exact) mass is 407 g/mol. The molecule has 1 amide bonds. The number of carbonyl (C=O) groups excluding carboxylic acids is 2. The lowest BCUT2D eigenvalue weighted by Crippen LogP contribution is -2.61. The highest BCUT2D eigenvalue weighted by Crippen LogP contribution is 2.48. The second kappa shape index (κ2) is 7.80. The second-order valence-electron chi connectivity index (χ2n) is 8.23. The van der Waals surface area contributed by atoms with Crippen molar-refractivity contribution < 1.29 is 14.0 Å². The van der Waals surface area contributed by atoms with Crippen molar-refractivity contribution in [3.8, 4) is 0 Å². The minimum absolute atomic E-state index is 0.127. The van der Waals surface area contributed by atoms with Crippen LogP contribution >= 0.6 is 0 Å². The summed E-state index contributed by atoms with van der Waals surface area (Å²) in [7, 11) is 2.08. The number of aryl methyl sites for hydroxylation is 2. The molecule has 0 saturated carbocycles. The van der Waals surface area contributed by atoms with Gasteiger partial charge in [0.05, 0.1) is 0 Å². The molecule has 0 bridgehead atoms. The Labute approximate surface area is 176 Å². The van der Waals surface area contributed by atoms with Crippen LogP contribution < -0.4 is 4.90 Å². The minimum atomic E-state index is -0.846. The summed E-state index contributed by atoms with van der Waals surface area (Å²) in [6, 6.07) is 10.0. The van der Waals surface area contributed by atoms with E-state index in [9.17, 15) is 14.0 Å². The maximum Gasteiger partial charge on any atom is 0.260 e. The van der Waals surface area contributed by atoms with Crippen molar-refractivity contribution in [2.24, 2.45) is 0 Å². The lowest BCUT2D eigenvalue weighted by molar-refractivity contribution is 0.0391. The molecule has 1 saturated heterocycles. The van der Waals surface area contributed by atoms with Gasteiger partial charge in [0.15, 0.2) is 0 Å². The highest BCUT2D eigenvalue weighted by atomic mass is 19.1. The van der Waals surface area contributed by atoms with Gasteiger partial charge in [-0.25, -0.2) is 9.18 Å². The summed E-state index contributed by atoms with van der Waals surface area (Å²) in [6.45, 7) is 7.24. The molecule has 0 N–H and O–H groups in total. The van der Waals surface area contributed by atoms with Gasteiger partial charge in [0, 0.05) is 55.5 Å². The number of rotatable bonds is 4. The number of hydrogen-bond acceptors (Lipinski definition) is 4. The van der Waals surface area contributed by atoms with Crippen LogP contribution in [0, 0.1) is 19.7 Å². The van der Waals surface area contributed by atoms with Gasteiger partial charge >= 0.3 is 0 Å². The first-order chi connectivity index (χ1) is 14.4. The first-order valence-corrected chi connectivity index (χ1v) is 10.2. The zero-order valence-corrected chi connectivity index (χ0v) is 17.6. The third-order valence-corrected chi connectivity index (χ3v) is 6.45. The highest BCUT2D eigenvalue weighted by molar-refractivity contribution is 6.12. The fourth-order valence-corrected chi connectivity index (χ4v) is 4.66. The van der Waals surface area contributed by atoms with E-state index in [1.807, 2.05) is 25.9 Å². The molecule has 0 aliphatic carbocycles. The van der Waals surface area contributed by atoms with Crippen LogP contribution in [0.4, 0.5) is 10.1 Å². The summed E-state index contributed by atoms with van der Waals surface area (Å²) < 4.78 is 13.7. The number of hydrogen-bond donors (Lipinski definition) is 0. The topological polar surface area (TPSA) is 43.9 Å². The molecule has 5 nitrogen and oxygen atoms in total. The molecule has 1 fully saturated rings. The average molecular weight is 407 g/mol. The van der Waals surface area contributed by atoms with E-state index in [4.69, 9.17) is 0 Å². The Balaban J connectivity index is 1.97. The molecular formula is C24H26FN3O2. The predicted molar refractivity (Wildman–Crippen MR) is 115 cm³/mol. The summed E-state index contributed by atoms with van der Waals surface area (Å²) >= 11 is 0. The van der Waals surface area contributed by atoms with Gasteiger partial charge in [-0.3, -0.25) is 14.6 Å². The molecule has 0 spiro atoms. The Kier molecular flexibility index (Phi) is 5.33. The molecular weight excluding hydrogens is 381 g/mol. The molecule has 1 atom stereocenters. The first kappa shape index (κ1) is 20.5. The quantitative estimate of drug-likeness (QED) is 0.730. The molecule has 1 unspecified atom stereocenters. The van der Waals surface area contributed by atoms with E-state index in [1.54, 1.807) is 17.0 Å². The zero-order chi connectivity index (χ0) is 21.5. The molecule has 4 rings (SSSR count). The molecule has 156 valence electrons. The Hall–Kier alpha value is -2.79. The summed E-state index contributed by atoms with van der Waals surface area (Å²) in [4.78, 5) is 31.3. The molecule has 30 heavy (non-hydrogen) atoms. The number of halogens is 1. The zero-order valence-electron chi connectivity index (χ0n) is 17.6. The van der Waals surface area contributed by atoms with Crippen molar-refractivity contribution in [1.82, 2.24) is 9.80 Å². The molecule has 2 aromatic rings.